The van der Waals surface area contributed by atoms with Gasteiger partial charge in [-0.15, -0.1) is 0 Å². The molecule has 1 aromatic rings. The Labute approximate surface area is 146 Å². The number of phosphoric ester groups is 1. The van der Waals surface area contributed by atoms with Crippen LogP contribution in [0.3, 0.4) is 0 Å². The van der Waals surface area contributed by atoms with Gasteiger partial charge in [0.2, 0.25) is 0 Å². The third-order valence-corrected chi connectivity index (χ3v) is 7.10. The van der Waals surface area contributed by atoms with Gasteiger partial charge in [-0.3, -0.25) is 24.0 Å². The van der Waals surface area contributed by atoms with E-state index in [-0.39, 0.29) is 16.8 Å². The summed E-state index contributed by atoms with van der Waals surface area (Å²) in [5.41, 5.74) is -0.508. The Balaban J connectivity index is 3.27. The van der Waals surface area contributed by atoms with Gasteiger partial charge in [0, 0.05) is 23.9 Å². The molecule has 0 aliphatic carbocycles. The quantitative estimate of drug-likeness (QED) is 0.170. The van der Waals surface area contributed by atoms with E-state index in [0.29, 0.717) is 0 Å². The molecule has 26 heavy (non-hydrogen) atoms. The zero-order valence-corrected chi connectivity index (χ0v) is 15.7. The lowest BCUT2D eigenvalue weighted by atomic mass is 10.1. The van der Waals surface area contributed by atoms with E-state index in [1.165, 1.54) is 6.92 Å². The van der Waals surface area contributed by atoms with Gasteiger partial charge in [0.25, 0.3) is 0 Å². The standard InChI is InChI=1S/C9H17N2O12P3/c1-5-8(12)7(6(2-10-5)4-23-26(20,21)22)3-11-9(13,24(14,15)16)25(17,18)19/h2,11-13H,3-4H2,1H3,(H2,14,15,16)(H2,17,18,19)(H2,20,21,22). The van der Waals surface area contributed by atoms with Crippen LogP contribution in [0.15, 0.2) is 6.20 Å². The molecule has 0 fully saturated rings. The minimum Gasteiger partial charge on any atom is -0.506 e. The fourth-order valence-corrected chi connectivity index (χ4v) is 3.98. The Hall–Kier alpha value is -0.720. The van der Waals surface area contributed by atoms with Crippen LogP contribution in [-0.2, 0) is 31.4 Å². The molecule has 1 heterocycles. The van der Waals surface area contributed by atoms with E-state index in [1.807, 2.05) is 0 Å². The number of rotatable bonds is 8. The molecule has 0 spiro atoms. The van der Waals surface area contributed by atoms with Crippen LogP contribution in [0.4, 0.5) is 0 Å². The number of nitrogens with zero attached hydrogens (tertiary/aromatic N) is 1. The molecule has 0 aliphatic rings. The minimum absolute atomic E-state index is 0.0161. The predicted octanol–water partition coefficient (Wildman–Crippen LogP) is -1.25. The van der Waals surface area contributed by atoms with E-state index >= 15 is 0 Å². The van der Waals surface area contributed by atoms with E-state index < -0.39 is 47.1 Å². The minimum atomic E-state index is -5.80. The number of aryl methyl sites for hydroxylation is 1. The number of nitrogens with one attached hydrogen (secondary N) is 1. The maximum Gasteiger partial charge on any atom is 0.469 e. The van der Waals surface area contributed by atoms with E-state index in [0.717, 1.165) is 6.20 Å². The molecule has 0 saturated carbocycles. The summed E-state index contributed by atoms with van der Waals surface area (Å²) in [7, 11) is -16.5. The molecule has 0 amide bonds. The number of aromatic nitrogens is 1. The molecule has 0 aromatic carbocycles. The second-order valence-electron chi connectivity index (χ2n) is 5.04. The van der Waals surface area contributed by atoms with Crippen LogP contribution in [0, 0.1) is 6.92 Å². The first kappa shape index (κ1) is 23.3. The number of pyridine rings is 1. The van der Waals surface area contributed by atoms with Crippen LogP contribution in [0.1, 0.15) is 16.8 Å². The Morgan fingerprint density at radius 1 is 1.12 bits per heavy atom. The number of hydrogen-bond acceptors (Lipinski definition) is 8. The maximum absolute atomic E-state index is 11.3. The largest absolute Gasteiger partial charge is 0.506 e. The average molecular weight is 438 g/mol. The third-order valence-electron chi connectivity index (χ3n) is 3.13. The average Bonchev–Trinajstić information content (AvgIpc) is 2.43. The van der Waals surface area contributed by atoms with Gasteiger partial charge < -0.3 is 39.6 Å². The van der Waals surface area contributed by atoms with Gasteiger partial charge in [-0.1, -0.05) is 0 Å². The molecule has 9 N–H and O–H groups in total. The third kappa shape index (κ3) is 5.40. The summed E-state index contributed by atoms with van der Waals surface area (Å²) in [6.45, 7) is -0.404. The first-order valence-corrected chi connectivity index (χ1v) is 11.2. The molecular formula is C9H17N2O12P3. The van der Waals surface area contributed by atoms with Gasteiger partial charge in [-0.25, -0.2) is 4.57 Å². The lowest BCUT2D eigenvalue weighted by Gasteiger charge is -2.30. The van der Waals surface area contributed by atoms with E-state index in [9.17, 15) is 23.9 Å². The van der Waals surface area contributed by atoms with Crippen molar-refractivity contribution in [2.45, 2.75) is 25.3 Å². The summed E-state index contributed by atoms with van der Waals surface area (Å²) in [6, 6.07) is 0. The molecule has 0 atom stereocenters. The molecule has 0 radical (unpaired) electrons. The highest BCUT2D eigenvalue weighted by Crippen LogP contribution is 2.65. The summed E-state index contributed by atoms with van der Waals surface area (Å²) in [4.78, 5) is 57.4. The van der Waals surface area contributed by atoms with Crippen LogP contribution in [0.2, 0.25) is 0 Å². The summed E-state index contributed by atoms with van der Waals surface area (Å²) < 4.78 is 37.6. The van der Waals surface area contributed by atoms with Crippen LogP contribution in [0.25, 0.3) is 0 Å². The highest BCUT2D eigenvalue weighted by atomic mass is 31.2. The zero-order chi connectivity index (χ0) is 20.6. The Morgan fingerprint density at radius 3 is 2.04 bits per heavy atom. The number of hydrogen-bond donors (Lipinski definition) is 9. The van der Waals surface area contributed by atoms with Gasteiger partial charge in [-0.05, 0) is 6.92 Å². The lowest BCUT2D eigenvalue weighted by molar-refractivity contribution is 0.0991. The Kier molecular flexibility index (Phi) is 6.93. The second-order valence-corrected chi connectivity index (χ2v) is 10.1. The summed E-state index contributed by atoms with van der Waals surface area (Å²) in [6.07, 6.45) is 1.01. The van der Waals surface area contributed by atoms with Crippen molar-refractivity contribution in [3.8, 4) is 5.75 Å². The lowest BCUT2D eigenvalue weighted by Crippen LogP contribution is -2.44. The Bertz CT molecular complexity index is 788. The SMILES string of the molecule is Cc1ncc(COP(=O)(O)O)c(CNC(O)(P(=O)(O)O)P(=O)(O)O)c1O. The van der Waals surface area contributed by atoms with Gasteiger partial charge in [-0.2, -0.15) is 0 Å². The highest BCUT2D eigenvalue weighted by molar-refractivity contribution is 7.71. The molecule has 1 aromatic heterocycles. The molecular weight excluding hydrogens is 421 g/mol. The first-order valence-electron chi connectivity index (χ1n) is 6.44. The molecule has 150 valence electrons. The fraction of sp³-hybridized carbons (Fsp3) is 0.444. The van der Waals surface area contributed by atoms with Crippen LogP contribution in [-0.4, -0.2) is 49.8 Å². The van der Waals surface area contributed by atoms with Crippen molar-refractivity contribution in [3.05, 3.63) is 23.0 Å². The second kappa shape index (κ2) is 7.72. The van der Waals surface area contributed by atoms with Crippen LogP contribution >= 0.6 is 23.0 Å². The molecule has 0 saturated heterocycles. The first-order chi connectivity index (χ1) is 11.5. The fourth-order valence-electron chi connectivity index (χ4n) is 1.74. The van der Waals surface area contributed by atoms with Crippen molar-refractivity contribution in [1.82, 2.24) is 10.3 Å². The van der Waals surface area contributed by atoms with Crippen LogP contribution < -0.4 is 5.32 Å². The number of aromatic hydroxyl groups is 1. The van der Waals surface area contributed by atoms with Crippen molar-refractivity contribution < 1.29 is 57.8 Å². The van der Waals surface area contributed by atoms with Gasteiger partial charge in [0.05, 0.1) is 12.3 Å². The number of aliphatic hydroxyl groups is 1. The van der Waals surface area contributed by atoms with Crippen molar-refractivity contribution >= 4 is 23.0 Å². The molecule has 17 heteroatoms. The van der Waals surface area contributed by atoms with Gasteiger partial charge in [0.1, 0.15) is 5.75 Å². The van der Waals surface area contributed by atoms with E-state index in [2.05, 4.69) is 9.51 Å². The topological polar surface area (TPSA) is 247 Å². The molecule has 1 rings (SSSR count). The van der Waals surface area contributed by atoms with Crippen molar-refractivity contribution in [2.24, 2.45) is 0 Å². The smallest absolute Gasteiger partial charge is 0.469 e. The normalized spacial score (nSPS) is 13.8. The summed E-state index contributed by atoms with van der Waals surface area (Å²) in [5.74, 6) is -0.608. The monoisotopic (exact) mass is 438 g/mol. The maximum atomic E-state index is 11.3. The van der Waals surface area contributed by atoms with Crippen molar-refractivity contribution in [3.63, 3.8) is 0 Å². The number of phosphoric acid groups is 1. The van der Waals surface area contributed by atoms with E-state index in [1.54, 1.807) is 5.32 Å². The van der Waals surface area contributed by atoms with Gasteiger partial charge in [0.15, 0.2) is 0 Å². The molecule has 0 bridgehead atoms. The van der Waals surface area contributed by atoms with Crippen molar-refractivity contribution in [1.29, 1.82) is 0 Å². The molecule has 0 unspecified atom stereocenters. The summed E-state index contributed by atoms with van der Waals surface area (Å²) >= 11 is 0. The molecule has 14 nitrogen and oxygen atoms in total. The van der Waals surface area contributed by atoms with Crippen molar-refractivity contribution in [2.75, 3.05) is 0 Å². The van der Waals surface area contributed by atoms with Crippen LogP contribution in [0.5, 0.6) is 5.75 Å². The predicted molar refractivity (Wildman–Crippen MR) is 83.3 cm³/mol. The highest BCUT2D eigenvalue weighted by Gasteiger charge is 2.59. The Morgan fingerprint density at radius 2 is 1.62 bits per heavy atom. The van der Waals surface area contributed by atoms with Gasteiger partial charge >= 0.3 is 28.2 Å². The summed E-state index contributed by atoms with van der Waals surface area (Å²) in [5, 5.41) is 17.4. The molecule has 0 aliphatic heterocycles. The van der Waals surface area contributed by atoms with E-state index in [4.69, 9.17) is 29.4 Å². The zero-order valence-electron chi connectivity index (χ0n) is 13.0.